The van der Waals surface area contributed by atoms with E-state index in [1.165, 1.54) is 0 Å². The largest absolute Gasteiger partial charge is 0.383 e. The Hall–Kier alpha value is -0.580. The minimum atomic E-state index is -0.0878. The molecule has 0 bridgehead atoms. The second-order valence-electron chi connectivity index (χ2n) is 3.11. The van der Waals surface area contributed by atoms with Crippen LogP contribution in [0, 0.1) is 6.92 Å². The number of carbonyl (C=O) groups excluding carboxylic acids is 1. The molecule has 0 atom stereocenters. The molecule has 1 rings (SSSR count). The lowest BCUT2D eigenvalue weighted by atomic mass is 10.3. The second-order valence-corrected chi connectivity index (χ2v) is 4.12. The van der Waals surface area contributed by atoms with Gasteiger partial charge in [0.15, 0.2) is 0 Å². The summed E-state index contributed by atoms with van der Waals surface area (Å²) < 4.78 is 4.97. The second kappa shape index (κ2) is 6.10. The third kappa shape index (κ3) is 3.19. The Morgan fingerprint density at radius 2 is 2.33 bits per heavy atom. The maximum Gasteiger partial charge on any atom is 0.242 e. The molecule has 15 heavy (non-hydrogen) atoms. The van der Waals surface area contributed by atoms with Gasteiger partial charge in [-0.2, -0.15) is 0 Å². The van der Waals surface area contributed by atoms with Crippen molar-refractivity contribution in [3.05, 3.63) is 16.3 Å². The number of halogens is 1. The number of aryl methyl sites for hydroxylation is 1. The SMILES string of the molecule is COCCN(C(=O)CCl)c1cscc1C. The number of nitrogens with zero attached hydrogens (tertiary/aromatic N) is 1. The molecular formula is C10H14ClNO2S. The van der Waals surface area contributed by atoms with Crippen LogP contribution < -0.4 is 4.90 Å². The molecule has 1 aromatic rings. The van der Waals surface area contributed by atoms with E-state index in [2.05, 4.69) is 0 Å². The number of methoxy groups -OCH3 is 1. The molecule has 0 unspecified atom stereocenters. The predicted molar refractivity (Wildman–Crippen MR) is 64.0 cm³/mol. The lowest BCUT2D eigenvalue weighted by molar-refractivity contribution is -0.116. The van der Waals surface area contributed by atoms with Crippen LogP contribution in [0.3, 0.4) is 0 Å². The zero-order valence-electron chi connectivity index (χ0n) is 8.83. The lowest BCUT2D eigenvalue weighted by Crippen LogP contribution is -2.34. The van der Waals surface area contributed by atoms with Gasteiger partial charge in [-0.3, -0.25) is 4.79 Å². The van der Waals surface area contributed by atoms with Crippen LogP contribution >= 0.6 is 22.9 Å². The number of alkyl halides is 1. The zero-order chi connectivity index (χ0) is 11.3. The number of rotatable bonds is 5. The molecule has 0 aliphatic rings. The normalized spacial score (nSPS) is 10.3. The van der Waals surface area contributed by atoms with Gasteiger partial charge in [0.25, 0.3) is 0 Å². The standard InChI is InChI=1S/C10H14ClNO2S/c1-8-6-15-7-9(8)12(3-4-14-2)10(13)5-11/h6-7H,3-5H2,1-2H3. The van der Waals surface area contributed by atoms with Crippen molar-refractivity contribution in [3.8, 4) is 0 Å². The Labute approximate surface area is 98.6 Å². The molecule has 1 aromatic heterocycles. The minimum Gasteiger partial charge on any atom is -0.383 e. The van der Waals surface area contributed by atoms with Crippen LogP contribution in [0.15, 0.2) is 10.8 Å². The summed E-state index contributed by atoms with van der Waals surface area (Å²) in [5.41, 5.74) is 2.03. The van der Waals surface area contributed by atoms with Crippen molar-refractivity contribution in [1.82, 2.24) is 0 Å². The van der Waals surface area contributed by atoms with E-state index in [0.717, 1.165) is 11.3 Å². The van der Waals surface area contributed by atoms with E-state index in [0.29, 0.717) is 13.2 Å². The van der Waals surface area contributed by atoms with Gasteiger partial charge in [-0.25, -0.2) is 0 Å². The molecule has 0 saturated heterocycles. The van der Waals surface area contributed by atoms with Crippen LogP contribution in [0.4, 0.5) is 5.69 Å². The third-order valence-corrected chi connectivity index (χ3v) is 3.13. The van der Waals surface area contributed by atoms with Gasteiger partial charge in [-0.05, 0) is 17.9 Å². The van der Waals surface area contributed by atoms with Crippen LogP contribution in [0.1, 0.15) is 5.56 Å². The van der Waals surface area contributed by atoms with Crippen molar-refractivity contribution in [2.24, 2.45) is 0 Å². The Balaban J connectivity index is 2.81. The first-order chi connectivity index (χ1) is 7.20. The smallest absolute Gasteiger partial charge is 0.242 e. The Morgan fingerprint density at radius 1 is 1.60 bits per heavy atom. The fourth-order valence-corrected chi connectivity index (χ4v) is 2.24. The monoisotopic (exact) mass is 247 g/mol. The van der Waals surface area contributed by atoms with Crippen molar-refractivity contribution in [3.63, 3.8) is 0 Å². The van der Waals surface area contributed by atoms with Crippen molar-refractivity contribution in [1.29, 1.82) is 0 Å². The van der Waals surface area contributed by atoms with Gasteiger partial charge in [0.2, 0.25) is 5.91 Å². The first-order valence-electron chi connectivity index (χ1n) is 4.58. The molecule has 0 aromatic carbocycles. The van der Waals surface area contributed by atoms with Crippen molar-refractivity contribution in [2.75, 3.05) is 31.0 Å². The van der Waals surface area contributed by atoms with Gasteiger partial charge in [-0.1, -0.05) is 0 Å². The molecule has 3 nitrogen and oxygen atoms in total. The average molecular weight is 248 g/mol. The van der Waals surface area contributed by atoms with Gasteiger partial charge < -0.3 is 9.64 Å². The molecule has 84 valence electrons. The molecule has 1 amide bonds. The highest BCUT2D eigenvalue weighted by molar-refractivity contribution is 7.08. The van der Waals surface area contributed by atoms with Crippen molar-refractivity contribution < 1.29 is 9.53 Å². The number of hydrogen-bond donors (Lipinski definition) is 0. The van der Waals surface area contributed by atoms with Crippen LogP contribution in [0.2, 0.25) is 0 Å². The highest BCUT2D eigenvalue weighted by atomic mass is 35.5. The van der Waals surface area contributed by atoms with Crippen molar-refractivity contribution in [2.45, 2.75) is 6.92 Å². The van der Waals surface area contributed by atoms with Crippen LogP contribution in [-0.4, -0.2) is 32.0 Å². The van der Waals surface area contributed by atoms with Gasteiger partial charge in [0, 0.05) is 19.0 Å². The zero-order valence-corrected chi connectivity index (χ0v) is 10.4. The third-order valence-electron chi connectivity index (χ3n) is 2.05. The maximum atomic E-state index is 11.6. The van der Waals surface area contributed by atoms with E-state index in [1.54, 1.807) is 23.3 Å². The Morgan fingerprint density at radius 3 is 2.80 bits per heavy atom. The summed E-state index contributed by atoms with van der Waals surface area (Å²) in [5.74, 6) is -0.0888. The molecule has 0 saturated carbocycles. The number of hydrogen-bond acceptors (Lipinski definition) is 3. The van der Waals surface area contributed by atoms with Gasteiger partial charge in [-0.15, -0.1) is 22.9 Å². The van der Waals surface area contributed by atoms with Gasteiger partial charge in [0.1, 0.15) is 5.88 Å². The number of carbonyl (C=O) groups is 1. The first kappa shape index (κ1) is 12.5. The Bertz CT molecular complexity index is 327. The maximum absolute atomic E-state index is 11.6. The predicted octanol–water partition coefficient (Wildman–Crippen LogP) is 2.27. The highest BCUT2D eigenvalue weighted by Crippen LogP contribution is 2.24. The summed E-state index contributed by atoms with van der Waals surface area (Å²) in [6.07, 6.45) is 0. The van der Waals surface area contributed by atoms with E-state index in [4.69, 9.17) is 16.3 Å². The molecule has 0 fully saturated rings. The fourth-order valence-electron chi connectivity index (χ4n) is 1.26. The minimum absolute atomic E-state index is 0.000991. The fraction of sp³-hybridized carbons (Fsp3) is 0.500. The van der Waals surface area contributed by atoms with E-state index in [-0.39, 0.29) is 11.8 Å². The number of amides is 1. The summed E-state index contributed by atoms with van der Waals surface area (Å²) in [7, 11) is 1.61. The van der Waals surface area contributed by atoms with E-state index in [1.807, 2.05) is 17.7 Å². The summed E-state index contributed by atoms with van der Waals surface area (Å²) in [5, 5.41) is 3.96. The van der Waals surface area contributed by atoms with Gasteiger partial charge in [0.05, 0.1) is 12.3 Å². The quantitative estimate of drug-likeness (QED) is 0.747. The van der Waals surface area contributed by atoms with E-state index < -0.39 is 0 Å². The molecule has 0 aliphatic carbocycles. The van der Waals surface area contributed by atoms with Crippen LogP contribution in [0.5, 0.6) is 0 Å². The van der Waals surface area contributed by atoms with Crippen molar-refractivity contribution >= 4 is 34.5 Å². The summed E-state index contributed by atoms with van der Waals surface area (Å²) in [6, 6.07) is 0. The van der Waals surface area contributed by atoms with Crippen LogP contribution in [0.25, 0.3) is 0 Å². The molecular weight excluding hydrogens is 234 g/mol. The number of thiophene rings is 1. The van der Waals surface area contributed by atoms with Gasteiger partial charge >= 0.3 is 0 Å². The lowest BCUT2D eigenvalue weighted by Gasteiger charge is -2.21. The summed E-state index contributed by atoms with van der Waals surface area (Å²) >= 11 is 7.14. The molecule has 5 heteroatoms. The molecule has 0 aliphatic heterocycles. The van der Waals surface area contributed by atoms with Crippen LogP contribution in [-0.2, 0) is 9.53 Å². The molecule has 1 heterocycles. The summed E-state index contributed by atoms with van der Waals surface area (Å²) in [4.78, 5) is 13.3. The molecule has 0 N–H and O–H groups in total. The van der Waals surface area contributed by atoms with E-state index >= 15 is 0 Å². The number of anilines is 1. The average Bonchev–Trinajstić information content (AvgIpc) is 2.65. The summed E-state index contributed by atoms with van der Waals surface area (Å²) in [6.45, 7) is 3.03. The number of ether oxygens (including phenoxy) is 1. The topological polar surface area (TPSA) is 29.5 Å². The highest BCUT2D eigenvalue weighted by Gasteiger charge is 2.16. The Kier molecular flexibility index (Phi) is 5.08. The first-order valence-corrected chi connectivity index (χ1v) is 6.06. The van der Waals surface area contributed by atoms with E-state index in [9.17, 15) is 4.79 Å². The molecule has 0 radical (unpaired) electrons. The molecule has 0 spiro atoms.